The maximum Gasteiger partial charge on any atom is 0.288 e. The number of nitro groups is 1. The molecular weight excluding hydrogens is 288 g/mol. The Bertz CT molecular complexity index is 517. The van der Waals surface area contributed by atoms with E-state index in [2.05, 4.69) is 25.7 Å². The summed E-state index contributed by atoms with van der Waals surface area (Å²) in [4.78, 5) is 12.9. The highest BCUT2D eigenvalue weighted by molar-refractivity contribution is 6.32. The number of piperidine rings is 1. The molecule has 21 heavy (non-hydrogen) atoms. The topological polar surface area (TPSA) is 46.4 Å². The second-order valence-electron chi connectivity index (χ2n) is 6.96. The van der Waals surface area contributed by atoms with E-state index in [9.17, 15) is 10.1 Å². The van der Waals surface area contributed by atoms with Crippen LogP contribution in [0.2, 0.25) is 5.02 Å². The van der Waals surface area contributed by atoms with Gasteiger partial charge in [-0.15, -0.1) is 0 Å². The van der Waals surface area contributed by atoms with Crippen molar-refractivity contribution in [3.63, 3.8) is 0 Å². The molecule has 0 saturated carbocycles. The first-order valence-electron chi connectivity index (χ1n) is 7.42. The van der Waals surface area contributed by atoms with Gasteiger partial charge in [0.05, 0.1) is 4.92 Å². The third-order valence-electron chi connectivity index (χ3n) is 4.43. The van der Waals surface area contributed by atoms with E-state index >= 15 is 0 Å². The zero-order valence-electron chi connectivity index (χ0n) is 12.9. The van der Waals surface area contributed by atoms with E-state index in [1.165, 1.54) is 12.8 Å². The highest BCUT2D eigenvalue weighted by atomic mass is 35.5. The first kappa shape index (κ1) is 16.2. The van der Waals surface area contributed by atoms with E-state index in [-0.39, 0.29) is 10.7 Å². The van der Waals surface area contributed by atoms with E-state index in [0.717, 1.165) is 31.1 Å². The van der Waals surface area contributed by atoms with Crippen molar-refractivity contribution in [2.24, 2.45) is 11.3 Å². The normalized spacial score (nSPS) is 17.9. The van der Waals surface area contributed by atoms with Gasteiger partial charge in [0.2, 0.25) is 0 Å². The van der Waals surface area contributed by atoms with Crippen LogP contribution in [0.15, 0.2) is 18.2 Å². The highest BCUT2D eigenvalue weighted by Crippen LogP contribution is 2.34. The van der Waals surface area contributed by atoms with Crippen molar-refractivity contribution in [2.75, 3.05) is 13.1 Å². The van der Waals surface area contributed by atoms with Gasteiger partial charge in [0.15, 0.2) is 0 Å². The van der Waals surface area contributed by atoms with Crippen LogP contribution >= 0.6 is 11.6 Å². The van der Waals surface area contributed by atoms with Gasteiger partial charge in [-0.2, -0.15) is 0 Å². The lowest BCUT2D eigenvalue weighted by atomic mass is 9.75. The van der Waals surface area contributed by atoms with E-state index in [1.54, 1.807) is 12.1 Å². The first-order chi connectivity index (χ1) is 9.77. The fraction of sp³-hybridized carbons (Fsp3) is 0.625. The van der Waals surface area contributed by atoms with Crippen LogP contribution in [-0.4, -0.2) is 22.9 Å². The molecular formula is C16H23ClN2O2. The number of halogens is 1. The van der Waals surface area contributed by atoms with Crippen LogP contribution in [0.25, 0.3) is 0 Å². The van der Waals surface area contributed by atoms with Crippen molar-refractivity contribution >= 4 is 17.3 Å². The number of nitro benzene ring substituents is 1. The van der Waals surface area contributed by atoms with Crippen LogP contribution in [0.4, 0.5) is 5.69 Å². The van der Waals surface area contributed by atoms with E-state index in [4.69, 9.17) is 11.6 Å². The molecule has 0 amide bonds. The minimum absolute atomic E-state index is 0.00116. The predicted octanol–water partition coefficient (Wildman–Crippen LogP) is 4.51. The Balaban J connectivity index is 1.98. The molecule has 116 valence electrons. The average Bonchev–Trinajstić information content (AvgIpc) is 2.40. The van der Waals surface area contributed by atoms with Gasteiger partial charge >= 0.3 is 0 Å². The SMILES string of the molecule is CC(C)(C)C1CCN(Cc2ccc(Cl)c([N+](=O)[O-])c2)CC1. The number of hydrogen-bond acceptors (Lipinski definition) is 3. The monoisotopic (exact) mass is 310 g/mol. The molecule has 0 unspecified atom stereocenters. The third-order valence-corrected chi connectivity index (χ3v) is 4.75. The molecule has 0 aliphatic carbocycles. The standard InChI is InChI=1S/C16H23ClN2O2/c1-16(2,3)13-6-8-18(9-7-13)11-12-4-5-14(17)15(10-12)19(20)21/h4-5,10,13H,6-9,11H2,1-3H3. The molecule has 4 nitrogen and oxygen atoms in total. The molecule has 1 heterocycles. The summed E-state index contributed by atoms with van der Waals surface area (Å²) in [5, 5.41) is 11.1. The zero-order chi connectivity index (χ0) is 15.6. The highest BCUT2D eigenvalue weighted by Gasteiger charge is 2.28. The number of benzene rings is 1. The number of rotatable bonds is 3. The Morgan fingerprint density at radius 3 is 2.48 bits per heavy atom. The molecule has 1 aromatic carbocycles. The maximum absolute atomic E-state index is 10.9. The summed E-state index contributed by atoms with van der Waals surface area (Å²) in [6.07, 6.45) is 2.39. The first-order valence-corrected chi connectivity index (χ1v) is 7.80. The predicted molar refractivity (Wildman–Crippen MR) is 85.6 cm³/mol. The van der Waals surface area contributed by atoms with Crippen LogP contribution in [0.1, 0.15) is 39.2 Å². The summed E-state index contributed by atoms with van der Waals surface area (Å²) < 4.78 is 0. The van der Waals surface area contributed by atoms with Gasteiger partial charge in [-0.1, -0.05) is 38.4 Å². The van der Waals surface area contributed by atoms with Crippen LogP contribution < -0.4 is 0 Å². The summed E-state index contributed by atoms with van der Waals surface area (Å²) in [5.41, 5.74) is 1.32. The fourth-order valence-corrected chi connectivity index (χ4v) is 3.20. The molecule has 1 fully saturated rings. The van der Waals surface area contributed by atoms with Crippen molar-refractivity contribution in [3.05, 3.63) is 38.9 Å². The molecule has 1 aliphatic heterocycles. The lowest BCUT2D eigenvalue weighted by Gasteiger charge is -2.38. The van der Waals surface area contributed by atoms with Crippen molar-refractivity contribution in [1.29, 1.82) is 0 Å². The molecule has 0 aromatic heterocycles. The Hall–Kier alpha value is -1.13. The van der Waals surface area contributed by atoms with Gasteiger partial charge < -0.3 is 0 Å². The largest absolute Gasteiger partial charge is 0.299 e. The minimum Gasteiger partial charge on any atom is -0.299 e. The molecule has 0 N–H and O–H groups in total. The van der Waals surface area contributed by atoms with Crippen LogP contribution in [0.5, 0.6) is 0 Å². The molecule has 1 aromatic rings. The Labute approximate surface area is 131 Å². The smallest absolute Gasteiger partial charge is 0.288 e. The van der Waals surface area contributed by atoms with Crippen molar-refractivity contribution in [2.45, 2.75) is 40.2 Å². The van der Waals surface area contributed by atoms with E-state index in [1.807, 2.05) is 6.07 Å². The van der Waals surface area contributed by atoms with Crippen molar-refractivity contribution in [3.8, 4) is 0 Å². The lowest BCUT2D eigenvalue weighted by Crippen LogP contribution is -2.37. The van der Waals surface area contributed by atoms with Crippen LogP contribution in [-0.2, 0) is 6.54 Å². The molecule has 1 aliphatic rings. The molecule has 0 atom stereocenters. The quantitative estimate of drug-likeness (QED) is 0.609. The minimum atomic E-state index is -0.419. The Kier molecular flexibility index (Phi) is 4.89. The molecule has 2 rings (SSSR count). The third kappa shape index (κ3) is 4.17. The van der Waals surface area contributed by atoms with Gasteiger partial charge in [0, 0.05) is 12.6 Å². The van der Waals surface area contributed by atoms with E-state index < -0.39 is 4.92 Å². The zero-order valence-corrected chi connectivity index (χ0v) is 13.7. The number of nitrogens with zero attached hydrogens (tertiary/aromatic N) is 2. The Morgan fingerprint density at radius 2 is 1.95 bits per heavy atom. The number of likely N-dealkylation sites (tertiary alicyclic amines) is 1. The second-order valence-corrected chi connectivity index (χ2v) is 7.37. The Morgan fingerprint density at radius 1 is 1.33 bits per heavy atom. The van der Waals surface area contributed by atoms with Gasteiger partial charge in [0.1, 0.15) is 5.02 Å². The fourth-order valence-electron chi connectivity index (χ4n) is 3.01. The summed E-state index contributed by atoms with van der Waals surface area (Å²) in [7, 11) is 0. The van der Waals surface area contributed by atoms with E-state index in [0.29, 0.717) is 5.41 Å². The summed E-state index contributed by atoms with van der Waals surface area (Å²) in [6.45, 7) is 9.77. The average molecular weight is 311 g/mol. The summed E-state index contributed by atoms with van der Waals surface area (Å²) in [5.74, 6) is 0.758. The summed E-state index contributed by atoms with van der Waals surface area (Å²) >= 11 is 5.85. The van der Waals surface area contributed by atoms with Crippen LogP contribution in [0.3, 0.4) is 0 Å². The van der Waals surface area contributed by atoms with Gasteiger partial charge in [0.25, 0.3) is 5.69 Å². The van der Waals surface area contributed by atoms with Crippen LogP contribution in [0, 0.1) is 21.4 Å². The molecule has 0 radical (unpaired) electrons. The van der Waals surface area contributed by atoms with Gasteiger partial charge in [-0.3, -0.25) is 15.0 Å². The second kappa shape index (κ2) is 6.32. The van der Waals surface area contributed by atoms with Crippen molar-refractivity contribution in [1.82, 2.24) is 4.90 Å². The van der Waals surface area contributed by atoms with Gasteiger partial charge in [-0.05, 0) is 48.9 Å². The number of hydrogen-bond donors (Lipinski definition) is 0. The molecule has 5 heteroatoms. The molecule has 1 saturated heterocycles. The molecule has 0 spiro atoms. The van der Waals surface area contributed by atoms with Crippen molar-refractivity contribution < 1.29 is 4.92 Å². The molecule has 0 bridgehead atoms. The van der Waals surface area contributed by atoms with Gasteiger partial charge in [-0.25, -0.2) is 0 Å². The maximum atomic E-state index is 10.9. The summed E-state index contributed by atoms with van der Waals surface area (Å²) in [6, 6.07) is 5.10. The lowest BCUT2D eigenvalue weighted by molar-refractivity contribution is -0.384.